The lowest BCUT2D eigenvalue weighted by atomic mass is 10.2. The highest BCUT2D eigenvalue weighted by atomic mass is 19.1. The molecule has 0 saturated carbocycles. The second-order valence-corrected chi connectivity index (χ2v) is 6.46. The molecular weight excluding hydrogens is 339 g/mol. The Hall–Kier alpha value is -2.90. The first-order chi connectivity index (χ1) is 12.6. The summed E-state index contributed by atoms with van der Waals surface area (Å²) in [5, 5.41) is 4.28. The Morgan fingerprint density at radius 1 is 1.23 bits per heavy atom. The predicted molar refractivity (Wildman–Crippen MR) is 90.1 cm³/mol. The number of carbonyl (C=O) groups excluding carboxylic acids is 2. The third kappa shape index (κ3) is 3.26. The normalized spacial score (nSPS) is 17.0. The van der Waals surface area contributed by atoms with Gasteiger partial charge >= 0.3 is 0 Å². The first-order valence-corrected chi connectivity index (χ1v) is 8.62. The number of aryl methyl sites for hydroxylation is 1. The summed E-state index contributed by atoms with van der Waals surface area (Å²) in [4.78, 5) is 28.2. The number of piperazine rings is 1. The number of hydrogen-bond acceptors (Lipinski definition) is 4. The van der Waals surface area contributed by atoms with Gasteiger partial charge in [0, 0.05) is 38.7 Å². The van der Waals surface area contributed by atoms with E-state index in [0.29, 0.717) is 37.8 Å². The molecule has 1 saturated heterocycles. The van der Waals surface area contributed by atoms with Gasteiger partial charge in [-0.3, -0.25) is 9.59 Å². The molecule has 0 N–H and O–H groups in total. The molecular formula is C18H19FN4O3. The van der Waals surface area contributed by atoms with Gasteiger partial charge in [-0.25, -0.2) is 9.07 Å². The summed E-state index contributed by atoms with van der Waals surface area (Å²) in [6.45, 7) is 2.51. The van der Waals surface area contributed by atoms with Gasteiger partial charge in [-0.1, -0.05) is 12.1 Å². The summed E-state index contributed by atoms with van der Waals surface area (Å²) in [5.74, 6) is -0.159. The van der Waals surface area contributed by atoms with Gasteiger partial charge in [-0.15, -0.1) is 0 Å². The fraction of sp³-hybridized carbons (Fsp3) is 0.389. The molecule has 2 aliphatic rings. The standard InChI is InChI=1S/C18H19FN4O3/c19-14-4-1-3-13(9-14)11-21-6-7-22(12-16(21)24)18(25)15-10-17-23(20-15)5-2-8-26-17/h1,3-4,9-10H,2,5-8,11-12H2. The molecule has 26 heavy (non-hydrogen) atoms. The molecule has 4 rings (SSSR count). The predicted octanol–water partition coefficient (Wildman–Crippen LogP) is 1.29. The van der Waals surface area contributed by atoms with Crippen LogP contribution in [0, 0.1) is 5.82 Å². The fourth-order valence-electron chi connectivity index (χ4n) is 3.24. The van der Waals surface area contributed by atoms with Crippen LogP contribution in [0.1, 0.15) is 22.5 Å². The molecule has 2 amide bonds. The van der Waals surface area contributed by atoms with Crippen LogP contribution in [0.25, 0.3) is 0 Å². The summed E-state index contributed by atoms with van der Waals surface area (Å²) in [6, 6.07) is 7.82. The van der Waals surface area contributed by atoms with Gasteiger partial charge in [0.1, 0.15) is 12.4 Å². The molecule has 3 heterocycles. The SMILES string of the molecule is O=C1CN(C(=O)c2cc3n(n2)CCCO3)CCN1Cc1cccc(F)c1. The lowest BCUT2D eigenvalue weighted by molar-refractivity contribution is -0.135. The topological polar surface area (TPSA) is 67.7 Å². The van der Waals surface area contributed by atoms with Crippen LogP contribution in [-0.2, 0) is 17.9 Å². The molecule has 1 aromatic carbocycles. The number of halogens is 1. The van der Waals surface area contributed by atoms with E-state index in [4.69, 9.17) is 4.74 Å². The molecule has 0 bridgehead atoms. The molecule has 0 aliphatic carbocycles. The number of hydrogen-bond donors (Lipinski definition) is 0. The number of rotatable bonds is 3. The van der Waals surface area contributed by atoms with Crippen LogP contribution in [0.2, 0.25) is 0 Å². The first kappa shape index (κ1) is 16.6. The molecule has 0 unspecified atom stereocenters. The fourth-order valence-corrected chi connectivity index (χ4v) is 3.24. The molecule has 2 aliphatic heterocycles. The number of fused-ring (bicyclic) bond motifs is 1. The van der Waals surface area contributed by atoms with Crippen molar-refractivity contribution in [3.8, 4) is 5.88 Å². The van der Waals surface area contributed by atoms with Crippen LogP contribution in [0.15, 0.2) is 30.3 Å². The van der Waals surface area contributed by atoms with E-state index in [-0.39, 0.29) is 24.2 Å². The number of amides is 2. The highest BCUT2D eigenvalue weighted by Gasteiger charge is 2.30. The smallest absolute Gasteiger partial charge is 0.275 e. The molecule has 1 fully saturated rings. The second kappa shape index (κ2) is 6.78. The van der Waals surface area contributed by atoms with Gasteiger partial charge in [0.05, 0.1) is 6.61 Å². The van der Waals surface area contributed by atoms with Gasteiger partial charge in [0.25, 0.3) is 5.91 Å². The highest BCUT2D eigenvalue weighted by molar-refractivity contribution is 5.95. The Morgan fingerprint density at radius 2 is 2.12 bits per heavy atom. The average Bonchev–Trinajstić information content (AvgIpc) is 3.07. The van der Waals surface area contributed by atoms with Crippen LogP contribution in [0.5, 0.6) is 5.88 Å². The maximum Gasteiger partial charge on any atom is 0.275 e. The van der Waals surface area contributed by atoms with Crippen molar-refractivity contribution in [3.05, 3.63) is 47.4 Å². The first-order valence-electron chi connectivity index (χ1n) is 8.62. The number of aromatic nitrogens is 2. The van der Waals surface area contributed by atoms with E-state index >= 15 is 0 Å². The molecule has 2 aromatic rings. The Kier molecular flexibility index (Phi) is 4.32. The highest BCUT2D eigenvalue weighted by Crippen LogP contribution is 2.20. The van der Waals surface area contributed by atoms with Crippen LogP contribution in [0.4, 0.5) is 4.39 Å². The molecule has 136 valence electrons. The monoisotopic (exact) mass is 358 g/mol. The molecule has 0 atom stereocenters. The van der Waals surface area contributed by atoms with E-state index < -0.39 is 0 Å². The molecule has 8 heteroatoms. The lowest BCUT2D eigenvalue weighted by Crippen LogP contribution is -2.51. The van der Waals surface area contributed by atoms with Crippen molar-refractivity contribution < 1.29 is 18.7 Å². The Bertz CT molecular complexity index is 827. The van der Waals surface area contributed by atoms with Crippen molar-refractivity contribution in [2.45, 2.75) is 19.5 Å². The summed E-state index contributed by atoms with van der Waals surface area (Å²) in [5.41, 5.74) is 1.03. The quantitative estimate of drug-likeness (QED) is 0.829. The van der Waals surface area contributed by atoms with Crippen molar-refractivity contribution in [1.82, 2.24) is 19.6 Å². The van der Waals surface area contributed by atoms with Gasteiger partial charge in [-0.05, 0) is 17.7 Å². The Morgan fingerprint density at radius 3 is 2.88 bits per heavy atom. The molecule has 7 nitrogen and oxygen atoms in total. The van der Waals surface area contributed by atoms with E-state index in [1.54, 1.807) is 27.8 Å². The van der Waals surface area contributed by atoms with Gasteiger partial charge in [0.2, 0.25) is 11.8 Å². The van der Waals surface area contributed by atoms with Crippen LogP contribution >= 0.6 is 0 Å². The minimum Gasteiger partial charge on any atom is -0.478 e. The third-order valence-corrected chi connectivity index (χ3v) is 4.59. The summed E-state index contributed by atoms with van der Waals surface area (Å²) >= 11 is 0. The molecule has 0 radical (unpaired) electrons. The van der Waals surface area contributed by atoms with Crippen molar-refractivity contribution in [3.63, 3.8) is 0 Å². The number of carbonyl (C=O) groups is 2. The van der Waals surface area contributed by atoms with Crippen molar-refractivity contribution in [1.29, 1.82) is 0 Å². The molecule has 1 aromatic heterocycles. The zero-order valence-corrected chi connectivity index (χ0v) is 14.2. The van der Waals surface area contributed by atoms with E-state index in [1.807, 2.05) is 0 Å². The number of nitrogens with zero attached hydrogens (tertiary/aromatic N) is 4. The summed E-state index contributed by atoms with van der Waals surface area (Å²) in [7, 11) is 0. The van der Waals surface area contributed by atoms with Crippen molar-refractivity contribution in [2.24, 2.45) is 0 Å². The minimum atomic E-state index is -0.324. The van der Waals surface area contributed by atoms with E-state index in [1.165, 1.54) is 17.0 Å². The Balaban J connectivity index is 1.41. The third-order valence-electron chi connectivity index (χ3n) is 4.59. The van der Waals surface area contributed by atoms with E-state index in [0.717, 1.165) is 18.5 Å². The van der Waals surface area contributed by atoms with Crippen molar-refractivity contribution >= 4 is 11.8 Å². The summed E-state index contributed by atoms with van der Waals surface area (Å²) < 4.78 is 20.5. The van der Waals surface area contributed by atoms with Crippen molar-refractivity contribution in [2.75, 3.05) is 26.2 Å². The molecule has 0 spiro atoms. The summed E-state index contributed by atoms with van der Waals surface area (Å²) in [6.07, 6.45) is 0.861. The second-order valence-electron chi connectivity index (χ2n) is 6.46. The zero-order chi connectivity index (χ0) is 18.1. The van der Waals surface area contributed by atoms with Gasteiger partial charge < -0.3 is 14.5 Å². The average molecular weight is 358 g/mol. The van der Waals surface area contributed by atoms with Crippen LogP contribution < -0.4 is 4.74 Å². The number of ether oxygens (including phenoxy) is 1. The maximum absolute atomic E-state index is 13.3. The number of benzene rings is 1. The van der Waals surface area contributed by atoms with E-state index in [2.05, 4.69) is 5.10 Å². The van der Waals surface area contributed by atoms with Crippen LogP contribution in [-0.4, -0.2) is 57.6 Å². The van der Waals surface area contributed by atoms with Gasteiger partial charge in [0.15, 0.2) is 5.69 Å². The zero-order valence-electron chi connectivity index (χ0n) is 14.2. The minimum absolute atomic E-state index is 0.00278. The van der Waals surface area contributed by atoms with Gasteiger partial charge in [-0.2, -0.15) is 5.10 Å². The maximum atomic E-state index is 13.3. The van der Waals surface area contributed by atoms with E-state index in [9.17, 15) is 14.0 Å². The lowest BCUT2D eigenvalue weighted by Gasteiger charge is -2.34. The largest absolute Gasteiger partial charge is 0.478 e. The van der Waals surface area contributed by atoms with Crippen LogP contribution in [0.3, 0.4) is 0 Å². The Labute approximate surface area is 149 Å².